The number of fused-ring (bicyclic) bond motifs is 3. The third-order valence-electron chi connectivity index (χ3n) is 4.66. The number of carbonyl (C=O) groups excluding carboxylic acids is 1. The number of carbonyl (C=O) groups is 1. The van der Waals surface area contributed by atoms with Crippen LogP contribution < -0.4 is 5.32 Å². The fraction of sp³-hybridized carbons (Fsp3) is 0.562. The number of amides is 1. The largest absolute Gasteiger partial charge is 0.352 e. The lowest BCUT2D eigenvalue weighted by molar-refractivity contribution is -0.123. The maximum absolute atomic E-state index is 12.4. The molecule has 1 aromatic rings. The Bertz CT molecular complexity index is 483. The van der Waals surface area contributed by atoms with Gasteiger partial charge in [-0.05, 0) is 42.2 Å². The van der Waals surface area contributed by atoms with Crippen LogP contribution in [0, 0.1) is 11.8 Å². The molecule has 0 bridgehead atoms. The van der Waals surface area contributed by atoms with E-state index in [9.17, 15) is 4.79 Å². The van der Waals surface area contributed by atoms with Crippen LogP contribution >= 0.6 is 15.9 Å². The predicted molar refractivity (Wildman–Crippen MR) is 80.5 cm³/mol. The summed E-state index contributed by atoms with van der Waals surface area (Å²) in [7, 11) is 0. The van der Waals surface area contributed by atoms with E-state index in [4.69, 9.17) is 0 Å². The van der Waals surface area contributed by atoms with Gasteiger partial charge in [0.05, 0.1) is 0 Å². The van der Waals surface area contributed by atoms with Crippen molar-refractivity contribution in [2.24, 2.45) is 11.8 Å². The molecule has 2 nitrogen and oxygen atoms in total. The molecular formula is C16H20BrNO. The van der Waals surface area contributed by atoms with Crippen LogP contribution in [0.1, 0.15) is 36.8 Å². The lowest BCUT2D eigenvalue weighted by atomic mass is 9.92. The average Bonchev–Trinajstić information content (AvgIpc) is 3.19. The van der Waals surface area contributed by atoms with Crippen molar-refractivity contribution in [2.75, 3.05) is 5.33 Å². The van der Waals surface area contributed by atoms with Gasteiger partial charge in [-0.15, -0.1) is 0 Å². The molecular weight excluding hydrogens is 302 g/mol. The van der Waals surface area contributed by atoms with Gasteiger partial charge in [-0.3, -0.25) is 4.79 Å². The normalized spacial score (nSPS) is 29.1. The summed E-state index contributed by atoms with van der Waals surface area (Å²) in [5.41, 5.74) is 2.87. The third kappa shape index (κ3) is 2.33. The number of nitrogens with one attached hydrogen (secondary N) is 1. The summed E-state index contributed by atoms with van der Waals surface area (Å²) in [5.74, 6) is 1.55. The summed E-state index contributed by atoms with van der Waals surface area (Å²) in [6.07, 6.45) is 3.29. The Hall–Kier alpha value is -0.830. The first kappa shape index (κ1) is 13.2. The van der Waals surface area contributed by atoms with Crippen molar-refractivity contribution < 1.29 is 4.79 Å². The Morgan fingerprint density at radius 1 is 1.47 bits per heavy atom. The molecule has 2 aliphatic rings. The van der Waals surface area contributed by atoms with Gasteiger partial charge in [-0.1, -0.05) is 47.1 Å². The summed E-state index contributed by atoms with van der Waals surface area (Å²) in [4.78, 5) is 12.4. The number of aryl methyl sites for hydroxylation is 1. The fourth-order valence-corrected chi connectivity index (χ4v) is 4.09. The first-order valence-electron chi connectivity index (χ1n) is 7.20. The molecule has 0 radical (unpaired) electrons. The number of alkyl halides is 1. The summed E-state index contributed by atoms with van der Waals surface area (Å²) < 4.78 is 0. The van der Waals surface area contributed by atoms with Crippen LogP contribution in [0.5, 0.6) is 0 Å². The fourth-order valence-electron chi connectivity index (χ4n) is 3.47. The van der Waals surface area contributed by atoms with Crippen molar-refractivity contribution in [3.63, 3.8) is 0 Å². The van der Waals surface area contributed by atoms with Crippen molar-refractivity contribution in [1.29, 1.82) is 0 Å². The van der Waals surface area contributed by atoms with Crippen LogP contribution in [0.25, 0.3) is 0 Å². The van der Waals surface area contributed by atoms with Crippen molar-refractivity contribution in [3.8, 4) is 0 Å². The van der Waals surface area contributed by atoms with E-state index in [-0.39, 0.29) is 17.9 Å². The molecule has 4 unspecified atom stereocenters. The van der Waals surface area contributed by atoms with Gasteiger partial charge in [0, 0.05) is 17.3 Å². The Labute approximate surface area is 123 Å². The number of hydrogen-bond donors (Lipinski definition) is 1. The van der Waals surface area contributed by atoms with Gasteiger partial charge in [0.1, 0.15) is 0 Å². The second-order valence-electron chi connectivity index (χ2n) is 5.72. The van der Waals surface area contributed by atoms with Gasteiger partial charge in [0.2, 0.25) is 5.91 Å². The SMILES string of the molecule is CCC(CBr)NC(=O)C1C2CCc3ccccc3C21. The molecule has 1 N–H and O–H groups in total. The van der Waals surface area contributed by atoms with E-state index in [1.807, 2.05) is 0 Å². The summed E-state index contributed by atoms with van der Waals surface area (Å²) in [6.45, 7) is 2.11. The van der Waals surface area contributed by atoms with Crippen LogP contribution in [0.2, 0.25) is 0 Å². The molecule has 3 heteroatoms. The van der Waals surface area contributed by atoms with Crippen LogP contribution in [0.3, 0.4) is 0 Å². The van der Waals surface area contributed by atoms with E-state index >= 15 is 0 Å². The minimum absolute atomic E-state index is 0.219. The third-order valence-corrected chi connectivity index (χ3v) is 5.44. The number of benzene rings is 1. The molecule has 0 aromatic heterocycles. The molecule has 2 aliphatic carbocycles. The highest BCUT2D eigenvalue weighted by Crippen LogP contribution is 2.59. The van der Waals surface area contributed by atoms with Crippen molar-refractivity contribution in [3.05, 3.63) is 35.4 Å². The van der Waals surface area contributed by atoms with Crippen molar-refractivity contribution >= 4 is 21.8 Å². The zero-order valence-corrected chi connectivity index (χ0v) is 12.8. The van der Waals surface area contributed by atoms with E-state index < -0.39 is 0 Å². The maximum Gasteiger partial charge on any atom is 0.224 e. The van der Waals surface area contributed by atoms with E-state index in [0.717, 1.165) is 18.2 Å². The first-order valence-corrected chi connectivity index (χ1v) is 8.32. The van der Waals surface area contributed by atoms with E-state index in [0.29, 0.717) is 11.8 Å². The monoisotopic (exact) mass is 321 g/mol. The summed E-state index contributed by atoms with van der Waals surface area (Å²) in [5, 5.41) is 4.02. The summed E-state index contributed by atoms with van der Waals surface area (Å²) >= 11 is 3.46. The highest BCUT2D eigenvalue weighted by molar-refractivity contribution is 9.09. The molecule has 102 valence electrons. The molecule has 0 saturated heterocycles. The molecule has 1 amide bonds. The minimum Gasteiger partial charge on any atom is -0.352 e. The second-order valence-corrected chi connectivity index (χ2v) is 6.37. The molecule has 1 saturated carbocycles. The topological polar surface area (TPSA) is 29.1 Å². The van der Waals surface area contributed by atoms with Gasteiger partial charge >= 0.3 is 0 Å². The molecule has 3 rings (SSSR count). The molecule has 0 spiro atoms. The van der Waals surface area contributed by atoms with Gasteiger partial charge in [-0.2, -0.15) is 0 Å². The smallest absolute Gasteiger partial charge is 0.224 e. The second kappa shape index (κ2) is 5.28. The first-order chi connectivity index (χ1) is 9.26. The van der Waals surface area contributed by atoms with Gasteiger partial charge in [0.25, 0.3) is 0 Å². The van der Waals surface area contributed by atoms with Crippen LogP contribution in [0.15, 0.2) is 24.3 Å². The number of hydrogen-bond acceptors (Lipinski definition) is 1. The Morgan fingerprint density at radius 2 is 2.26 bits per heavy atom. The quantitative estimate of drug-likeness (QED) is 0.847. The van der Waals surface area contributed by atoms with Gasteiger partial charge in [0.15, 0.2) is 0 Å². The highest BCUT2D eigenvalue weighted by atomic mass is 79.9. The maximum atomic E-state index is 12.4. The van der Waals surface area contributed by atoms with Crippen LogP contribution in [0.4, 0.5) is 0 Å². The average molecular weight is 322 g/mol. The minimum atomic E-state index is 0.219. The van der Waals surface area contributed by atoms with Gasteiger partial charge < -0.3 is 5.32 Å². The number of rotatable bonds is 4. The van der Waals surface area contributed by atoms with E-state index in [1.165, 1.54) is 17.5 Å². The molecule has 4 atom stereocenters. The lowest BCUT2D eigenvalue weighted by Gasteiger charge is -2.14. The zero-order chi connectivity index (χ0) is 13.4. The van der Waals surface area contributed by atoms with E-state index in [1.54, 1.807) is 0 Å². The Kier molecular flexibility index (Phi) is 3.66. The van der Waals surface area contributed by atoms with E-state index in [2.05, 4.69) is 52.4 Å². The highest BCUT2D eigenvalue weighted by Gasteiger charge is 2.56. The standard InChI is InChI=1S/C16H20BrNO/c1-2-11(9-17)18-16(19)15-13-8-7-10-5-3-4-6-12(10)14(13)15/h3-6,11,13-15H,2,7-9H2,1H3,(H,18,19). The molecule has 0 aliphatic heterocycles. The molecule has 1 fully saturated rings. The van der Waals surface area contributed by atoms with Crippen LogP contribution in [-0.4, -0.2) is 17.3 Å². The van der Waals surface area contributed by atoms with Crippen molar-refractivity contribution in [2.45, 2.75) is 38.1 Å². The van der Waals surface area contributed by atoms with Crippen LogP contribution in [-0.2, 0) is 11.2 Å². The number of halogens is 1. The summed E-state index contributed by atoms with van der Waals surface area (Å²) in [6, 6.07) is 8.90. The van der Waals surface area contributed by atoms with Gasteiger partial charge in [-0.25, -0.2) is 0 Å². The Morgan fingerprint density at radius 3 is 3.00 bits per heavy atom. The molecule has 19 heavy (non-hydrogen) atoms. The zero-order valence-electron chi connectivity index (χ0n) is 11.2. The molecule has 0 heterocycles. The Balaban J connectivity index is 1.72. The lowest BCUT2D eigenvalue weighted by Crippen LogP contribution is -2.37. The molecule has 1 aromatic carbocycles. The van der Waals surface area contributed by atoms with Crippen molar-refractivity contribution in [1.82, 2.24) is 5.32 Å². The predicted octanol–water partition coefficient (Wildman–Crippen LogP) is 3.25.